The Morgan fingerprint density at radius 3 is 1.95 bits per heavy atom. The van der Waals surface area contributed by atoms with Crippen molar-refractivity contribution >= 4 is 5.78 Å². The Hall–Kier alpha value is -2.71. The van der Waals surface area contributed by atoms with Crippen LogP contribution in [0.15, 0.2) is 84.9 Å². The van der Waals surface area contributed by atoms with Gasteiger partial charge in [-0.3, -0.25) is 4.79 Å². The zero-order chi connectivity index (χ0) is 15.4. The maximum absolute atomic E-state index is 12.5. The van der Waals surface area contributed by atoms with E-state index in [0.717, 1.165) is 11.1 Å². The van der Waals surface area contributed by atoms with E-state index in [9.17, 15) is 9.90 Å². The molecule has 0 aliphatic carbocycles. The van der Waals surface area contributed by atoms with Crippen LogP contribution in [0, 0.1) is 0 Å². The lowest BCUT2D eigenvalue weighted by Gasteiger charge is -2.15. The number of hydrogen-bond acceptors (Lipinski definition) is 2. The summed E-state index contributed by atoms with van der Waals surface area (Å²) in [5.41, 5.74) is 3.00. The molecule has 0 fully saturated rings. The van der Waals surface area contributed by atoms with E-state index in [2.05, 4.69) is 0 Å². The fourth-order valence-corrected chi connectivity index (χ4v) is 2.52. The highest BCUT2D eigenvalue weighted by Crippen LogP contribution is 2.29. The van der Waals surface area contributed by atoms with Gasteiger partial charge in [-0.1, -0.05) is 84.9 Å². The summed E-state index contributed by atoms with van der Waals surface area (Å²) in [5.74, 6) is -0.288. The average Bonchev–Trinajstić information content (AvgIpc) is 2.62. The molecule has 1 N–H and O–H groups in total. The van der Waals surface area contributed by atoms with Crippen LogP contribution in [0.2, 0.25) is 0 Å². The summed E-state index contributed by atoms with van der Waals surface area (Å²) >= 11 is 0. The Kier molecular flexibility index (Phi) is 4.12. The summed E-state index contributed by atoms with van der Waals surface area (Å²) in [5, 5.41) is 10.5. The number of aliphatic hydroxyl groups excluding tert-OH is 1. The van der Waals surface area contributed by atoms with Gasteiger partial charge < -0.3 is 5.11 Å². The van der Waals surface area contributed by atoms with Gasteiger partial charge in [0.2, 0.25) is 0 Å². The Bertz CT molecular complexity index is 764. The van der Waals surface area contributed by atoms with Crippen LogP contribution in [0.3, 0.4) is 0 Å². The molecule has 0 bridgehead atoms. The Morgan fingerprint density at radius 2 is 1.27 bits per heavy atom. The second kappa shape index (κ2) is 6.37. The minimum absolute atomic E-state index is 0.288. The molecule has 0 saturated carbocycles. The van der Waals surface area contributed by atoms with E-state index in [1.807, 2.05) is 54.6 Å². The number of rotatable bonds is 4. The lowest BCUT2D eigenvalue weighted by Crippen LogP contribution is -2.13. The molecule has 2 heteroatoms. The van der Waals surface area contributed by atoms with Gasteiger partial charge >= 0.3 is 0 Å². The van der Waals surface area contributed by atoms with Gasteiger partial charge in [-0.2, -0.15) is 0 Å². The molecule has 0 aliphatic heterocycles. The van der Waals surface area contributed by atoms with Crippen molar-refractivity contribution < 1.29 is 9.90 Å². The van der Waals surface area contributed by atoms with Gasteiger partial charge in [0.25, 0.3) is 0 Å². The highest BCUT2D eigenvalue weighted by molar-refractivity contribution is 6.00. The smallest absolute Gasteiger partial charge is 0.195 e. The standard InChI is InChI=1S/C20H16O2/c21-19(16-11-5-2-6-12-16)20(22)18-14-8-7-13-17(18)15-9-3-1-4-10-15/h1-14,20,22H. The maximum Gasteiger partial charge on any atom is 0.195 e. The largest absolute Gasteiger partial charge is 0.380 e. The number of carbonyl (C=O) groups is 1. The summed E-state index contributed by atoms with van der Waals surface area (Å²) in [4.78, 5) is 12.5. The van der Waals surface area contributed by atoms with Gasteiger partial charge in [-0.25, -0.2) is 0 Å². The number of carbonyl (C=O) groups excluding carboxylic acids is 1. The fourth-order valence-electron chi connectivity index (χ4n) is 2.52. The van der Waals surface area contributed by atoms with Gasteiger partial charge in [-0.05, 0) is 16.7 Å². The van der Waals surface area contributed by atoms with Gasteiger partial charge in [0.1, 0.15) is 6.10 Å². The first-order valence-electron chi connectivity index (χ1n) is 7.19. The molecule has 0 spiro atoms. The quantitative estimate of drug-likeness (QED) is 0.728. The minimum Gasteiger partial charge on any atom is -0.380 e. The van der Waals surface area contributed by atoms with E-state index < -0.39 is 6.10 Å². The molecular weight excluding hydrogens is 272 g/mol. The van der Waals surface area contributed by atoms with Gasteiger partial charge in [0, 0.05) is 5.56 Å². The normalized spacial score (nSPS) is 11.9. The van der Waals surface area contributed by atoms with E-state index in [1.54, 1.807) is 30.3 Å². The molecule has 3 aromatic carbocycles. The summed E-state index contributed by atoms with van der Waals surface area (Å²) in [7, 11) is 0. The first-order chi connectivity index (χ1) is 10.8. The number of ketones is 1. The third-order valence-corrected chi connectivity index (χ3v) is 3.65. The molecule has 0 saturated heterocycles. The van der Waals surface area contributed by atoms with Crippen molar-refractivity contribution in [1.29, 1.82) is 0 Å². The van der Waals surface area contributed by atoms with Gasteiger partial charge in [0.05, 0.1) is 0 Å². The number of benzene rings is 3. The van der Waals surface area contributed by atoms with Crippen molar-refractivity contribution in [2.75, 3.05) is 0 Å². The monoisotopic (exact) mass is 288 g/mol. The predicted molar refractivity (Wildman–Crippen MR) is 87.6 cm³/mol. The van der Waals surface area contributed by atoms with Crippen molar-refractivity contribution in [3.05, 3.63) is 96.1 Å². The molecule has 1 atom stereocenters. The van der Waals surface area contributed by atoms with Crippen LogP contribution < -0.4 is 0 Å². The zero-order valence-corrected chi connectivity index (χ0v) is 12.0. The van der Waals surface area contributed by atoms with Crippen LogP contribution in [0.5, 0.6) is 0 Å². The van der Waals surface area contributed by atoms with Crippen molar-refractivity contribution in [3.8, 4) is 11.1 Å². The average molecular weight is 288 g/mol. The van der Waals surface area contributed by atoms with E-state index in [-0.39, 0.29) is 5.78 Å². The van der Waals surface area contributed by atoms with E-state index in [1.165, 1.54) is 0 Å². The Balaban J connectivity index is 2.00. The molecule has 0 radical (unpaired) electrons. The van der Waals surface area contributed by atoms with E-state index in [4.69, 9.17) is 0 Å². The molecular formula is C20H16O2. The molecule has 3 rings (SSSR count). The van der Waals surface area contributed by atoms with Crippen LogP contribution in [-0.2, 0) is 0 Å². The SMILES string of the molecule is O=C(c1ccccc1)C(O)c1ccccc1-c1ccccc1. The van der Waals surface area contributed by atoms with Crippen LogP contribution in [0.4, 0.5) is 0 Å². The highest BCUT2D eigenvalue weighted by Gasteiger charge is 2.21. The molecule has 2 nitrogen and oxygen atoms in total. The van der Waals surface area contributed by atoms with Crippen LogP contribution >= 0.6 is 0 Å². The molecule has 0 heterocycles. The lowest BCUT2D eigenvalue weighted by atomic mass is 9.92. The first-order valence-corrected chi connectivity index (χ1v) is 7.19. The lowest BCUT2D eigenvalue weighted by molar-refractivity contribution is 0.0748. The number of aliphatic hydroxyl groups is 1. The molecule has 108 valence electrons. The first kappa shape index (κ1) is 14.2. The Labute approximate surface area is 129 Å². The summed E-state index contributed by atoms with van der Waals surface area (Å²) in [6.45, 7) is 0. The summed E-state index contributed by atoms with van der Waals surface area (Å²) in [6.07, 6.45) is -1.17. The molecule has 0 aromatic heterocycles. The van der Waals surface area contributed by atoms with Crippen LogP contribution in [0.1, 0.15) is 22.0 Å². The summed E-state index contributed by atoms with van der Waals surface area (Å²) < 4.78 is 0. The molecule has 1 unspecified atom stereocenters. The molecule has 3 aromatic rings. The highest BCUT2D eigenvalue weighted by atomic mass is 16.3. The second-order valence-corrected chi connectivity index (χ2v) is 5.09. The molecule has 0 aliphatic rings. The van der Waals surface area contributed by atoms with Crippen LogP contribution in [0.25, 0.3) is 11.1 Å². The minimum atomic E-state index is -1.17. The van der Waals surface area contributed by atoms with Crippen molar-refractivity contribution in [1.82, 2.24) is 0 Å². The Morgan fingerprint density at radius 1 is 0.727 bits per heavy atom. The molecule has 0 amide bonds. The molecule has 22 heavy (non-hydrogen) atoms. The van der Waals surface area contributed by atoms with E-state index >= 15 is 0 Å². The van der Waals surface area contributed by atoms with Gasteiger partial charge in [0.15, 0.2) is 5.78 Å². The van der Waals surface area contributed by atoms with Crippen molar-refractivity contribution in [2.45, 2.75) is 6.10 Å². The maximum atomic E-state index is 12.5. The summed E-state index contributed by atoms with van der Waals surface area (Å²) in [6, 6.07) is 26.1. The van der Waals surface area contributed by atoms with E-state index in [0.29, 0.717) is 11.1 Å². The second-order valence-electron chi connectivity index (χ2n) is 5.09. The van der Waals surface area contributed by atoms with Crippen molar-refractivity contribution in [2.24, 2.45) is 0 Å². The van der Waals surface area contributed by atoms with Crippen molar-refractivity contribution in [3.63, 3.8) is 0 Å². The fraction of sp³-hybridized carbons (Fsp3) is 0.0500. The third kappa shape index (κ3) is 2.83. The number of Topliss-reactive ketones (excluding diaryl/α,β-unsaturated/α-hetero) is 1. The third-order valence-electron chi connectivity index (χ3n) is 3.65. The van der Waals surface area contributed by atoms with Gasteiger partial charge in [-0.15, -0.1) is 0 Å². The number of hydrogen-bond donors (Lipinski definition) is 1. The van der Waals surface area contributed by atoms with Crippen LogP contribution in [-0.4, -0.2) is 10.9 Å². The zero-order valence-electron chi connectivity index (χ0n) is 12.0. The topological polar surface area (TPSA) is 37.3 Å². The predicted octanol–water partition coefficient (Wildman–Crippen LogP) is 4.27.